The number of hydrogen-bond donors (Lipinski definition) is 2. The van der Waals surface area contributed by atoms with Crippen molar-refractivity contribution in [2.45, 2.75) is 97.3 Å². The lowest BCUT2D eigenvalue weighted by atomic mass is 10.0. The smallest absolute Gasteiger partial charge is 0.220 e. The Labute approximate surface area is 143 Å². The summed E-state index contributed by atoms with van der Waals surface area (Å²) in [5.74, 6) is -0.136. The lowest BCUT2D eigenvalue weighted by molar-refractivity contribution is -0.122. The second-order valence-electron chi connectivity index (χ2n) is 6.73. The number of rotatable bonds is 16. The maximum Gasteiger partial charge on any atom is 0.220 e. The molecule has 0 aliphatic rings. The molecular weight excluding hydrogens is 288 g/mol. The van der Waals surface area contributed by atoms with Crippen molar-refractivity contribution in [2.24, 2.45) is 11.7 Å². The molecule has 0 saturated carbocycles. The molecule has 0 aromatic heterocycles. The van der Waals surface area contributed by atoms with Crippen LogP contribution in [0.5, 0.6) is 0 Å². The zero-order valence-electron chi connectivity index (χ0n) is 15.4. The van der Waals surface area contributed by atoms with Crippen molar-refractivity contribution >= 4 is 11.8 Å². The minimum absolute atomic E-state index is 0.0623. The van der Waals surface area contributed by atoms with Crippen LogP contribution in [0.15, 0.2) is 0 Å². The highest BCUT2D eigenvalue weighted by Crippen LogP contribution is 2.10. The third-order valence-electron chi connectivity index (χ3n) is 4.38. The molecule has 0 radical (unpaired) electrons. The summed E-state index contributed by atoms with van der Waals surface area (Å²) in [7, 11) is 0. The van der Waals surface area contributed by atoms with Gasteiger partial charge in [0.1, 0.15) is 0 Å². The monoisotopic (exact) mass is 326 g/mol. The first-order valence-corrected chi connectivity index (χ1v) is 9.64. The zero-order valence-corrected chi connectivity index (χ0v) is 15.4. The van der Waals surface area contributed by atoms with E-state index >= 15 is 0 Å². The van der Waals surface area contributed by atoms with Gasteiger partial charge >= 0.3 is 0 Å². The van der Waals surface area contributed by atoms with Crippen LogP contribution in [0.25, 0.3) is 0 Å². The molecule has 0 heterocycles. The van der Waals surface area contributed by atoms with Crippen molar-refractivity contribution in [3.8, 4) is 0 Å². The van der Waals surface area contributed by atoms with Crippen molar-refractivity contribution in [3.63, 3.8) is 0 Å². The minimum Gasteiger partial charge on any atom is -0.369 e. The van der Waals surface area contributed by atoms with Crippen LogP contribution in [0, 0.1) is 5.92 Å². The Morgan fingerprint density at radius 2 is 1.43 bits per heavy atom. The first-order chi connectivity index (χ1) is 11.1. The van der Waals surface area contributed by atoms with Gasteiger partial charge in [0.2, 0.25) is 11.8 Å². The summed E-state index contributed by atoms with van der Waals surface area (Å²) >= 11 is 0. The van der Waals surface area contributed by atoms with Crippen LogP contribution in [0.3, 0.4) is 0 Å². The van der Waals surface area contributed by atoms with E-state index in [0.29, 0.717) is 13.0 Å². The van der Waals surface area contributed by atoms with Crippen LogP contribution < -0.4 is 11.1 Å². The molecule has 136 valence electrons. The molecule has 0 aliphatic carbocycles. The van der Waals surface area contributed by atoms with E-state index in [1.54, 1.807) is 0 Å². The number of amides is 2. The fourth-order valence-electron chi connectivity index (χ4n) is 2.63. The fraction of sp³-hybridized carbons (Fsp3) is 0.895. The van der Waals surface area contributed by atoms with E-state index < -0.39 is 0 Å². The third-order valence-corrected chi connectivity index (χ3v) is 4.38. The highest BCUT2D eigenvalue weighted by molar-refractivity contribution is 5.76. The fourth-order valence-corrected chi connectivity index (χ4v) is 2.63. The van der Waals surface area contributed by atoms with E-state index in [0.717, 1.165) is 32.1 Å². The van der Waals surface area contributed by atoms with Crippen LogP contribution >= 0.6 is 0 Å². The van der Waals surface area contributed by atoms with Crippen LogP contribution in [-0.2, 0) is 9.59 Å². The third kappa shape index (κ3) is 15.6. The summed E-state index contributed by atoms with van der Waals surface area (Å²) in [5, 5.41) is 2.96. The molecule has 2 amide bonds. The van der Waals surface area contributed by atoms with Crippen molar-refractivity contribution in [2.75, 3.05) is 6.54 Å². The van der Waals surface area contributed by atoms with Gasteiger partial charge in [0.25, 0.3) is 0 Å². The number of hydrogen-bond acceptors (Lipinski definition) is 2. The van der Waals surface area contributed by atoms with E-state index in [1.807, 2.05) is 6.92 Å². The second kappa shape index (κ2) is 15.8. The Kier molecular flexibility index (Phi) is 15.1. The summed E-state index contributed by atoms with van der Waals surface area (Å²) in [6.07, 6.45) is 14.8. The standard InChI is InChI=1S/C19H38N2O2/c1-3-4-5-6-7-8-9-10-11-15-18(22)21-16-13-12-14-17(2)19(20)23/h17H,3-16H2,1-2H3,(H2,20,23)(H,21,22)/t17-/m0/s1. The lowest BCUT2D eigenvalue weighted by Crippen LogP contribution is -2.24. The van der Waals surface area contributed by atoms with Gasteiger partial charge in [-0.15, -0.1) is 0 Å². The van der Waals surface area contributed by atoms with Gasteiger partial charge in [-0.1, -0.05) is 71.6 Å². The predicted molar refractivity (Wildman–Crippen MR) is 97.1 cm³/mol. The van der Waals surface area contributed by atoms with E-state index in [-0.39, 0.29) is 17.7 Å². The Morgan fingerprint density at radius 3 is 2.00 bits per heavy atom. The van der Waals surface area contributed by atoms with Gasteiger partial charge in [-0.05, 0) is 19.3 Å². The normalized spacial score (nSPS) is 12.1. The number of nitrogens with two attached hydrogens (primary N) is 1. The zero-order chi connectivity index (χ0) is 17.3. The molecule has 0 spiro atoms. The summed E-state index contributed by atoms with van der Waals surface area (Å²) in [4.78, 5) is 22.6. The number of carbonyl (C=O) groups excluding carboxylic acids is 2. The average Bonchev–Trinajstić information content (AvgIpc) is 2.52. The molecule has 0 fully saturated rings. The maximum atomic E-state index is 11.7. The summed E-state index contributed by atoms with van der Waals surface area (Å²) in [6, 6.07) is 0. The molecule has 4 nitrogen and oxygen atoms in total. The summed E-state index contributed by atoms with van der Waals surface area (Å²) < 4.78 is 0. The second-order valence-corrected chi connectivity index (χ2v) is 6.73. The SMILES string of the molecule is CCCCCCCCCCCC(=O)NCCCC[C@H](C)C(N)=O. The number of unbranched alkanes of at least 4 members (excludes halogenated alkanes) is 9. The van der Waals surface area contributed by atoms with Gasteiger partial charge in [-0.3, -0.25) is 9.59 Å². The number of nitrogens with one attached hydrogen (secondary N) is 1. The van der Waals surface area contributed by atoms with Gasteiger partial charge < -0.3 is 11.1 Å². The van der Waals surface area contributed by atoms with Crippen molar-refractivity contribution in [1.82, 2.24) is 5.32 Å². The Hall–Kier alpha value is -1.06. The molecule has 0 aromatic rings. The van der Waals surface area contributed by atoms with E-state index in [4.69, 9.17) is 5.73 Å². The van der Waals surface area contributed by atoms with E-state index in [9.17, 15) is 9.59 Å². The topological polar surface area (TPSA) is 72.2 Å². The molecule has 0 saturated heterocycles. The molecular formula is C19H38N2O2. The van der Waals surface area contributed by atoms with Crippen LogP contribution in [-0.4, -0.2) is 18.4 Å². The molecule has 0 unspecified atom stereocenters. The molecule has 4 heteroatoms. The Bertz CT molecular complexity index is 306. The molecule has 0 bridgehead atoms. The Balaban J connectivity index is 3.26. The van der Waals surface area contributed by atoms with Crippen LogP contribution in [0.1, 0.15) is 97.3 Å². The highest BCUT2D eigenvalue weighted by atomic mass is 16.1. The lowest BCUT2D eigenvalue weighted by Gasteiger charge is -2.08. The molecule has 1 atom stereocenters. The van der Waals surface area contributed by atoms with Crippen molar-refractivity contribution in [3.05, 3.63) is 0 Å². The molecule has 0 aliphatic heterocycles. The van der Waals surface area contributed by atoms with Crippen LogP contribution in [0.2, 0.25) is 0 Å². The molecule has 0 rings (SSSR count). The number of carbonyl (C=O) groups is 2. The predicted octanol–water partition coefficient (Wildman–Crippen LogP) is 4.32. The van der Waals surface area contributed by atoms with Crippen LogP contribution in [0.4, 0.5) is 0 Å². The minimum atomic E-state index is -0.237. The first kappa shape index (κ1) is 21.9. The maximum absolute atomic E-state index is 11.7. The molecule has 3 N–H and O–H groups in total. The van der Waals surface area contributed by atoms with E-state index in [1.165, 1.54) is 44.9 Å². The van der Waals surface area contributed by atoms with Gasteiger partial charge in [0.15, 0.2) is 0 Å². The van der Waals surface area contributed by atoms with E-state index in [2.05, 4.69) is 12.2 Å². The van der Waals surface area contributed by atoms with Crippen molar-refractivity contribution < 1.29 is 9.59 Å². The largest absolute Gasteiger partial charge is 0.369 e. The molecule has 0 aromatic carbocycles. The van der Waals surface area contributed by atoms with Gasteiger partial charge in [-0.2, -0.15) is 0 Å². The quantitative estimate of drug-likeness (QED) is 0.415. The highest BCUT2D eigenvalue weighted by Gasteiger charge is 2.07. The van der Waals surface area contributed by atoms with Crippen molar-refractivity contribution in [1.29, 1.82) is 0 Å². The number of primary amides is 1. The Morgan fingerprint density at radius 1 is 0.870 bits per heavy atom. The first-order valence-electron chi connectivity index (χ1n) is 9.64. The average molecular weight is 327 g/mol. The van der Waals surface area contributed by atoms with Gasteiger partial charge in [0, 0.05) is 18.9 Å². The summed E-state index contributed by atoms with van der Waals surface area (Å²) in [5.41, 5.74) is 5.21. The van der Waals surface area contributed by atoms with Gasteiger partial charge in [-0.25, -0.2) is 0 Å². The summed E-state index contributed by atoms with van der Waals surface area (Å²) in [6.45, 7) is 4.80. The molecule has 23 heavy (non-hydrogen) atoms. The van der Waals surface area contributed by atoms with Gasteiger partial charge in [0.05, 0.1) is 0 Å².